The number of hydrogen-bond acceptors (Lipinski definition) is 6. The van der Waals surface area contributed by atoms with E-state index >= 15 is 0 Å². The first-order chi connectivity index (χ1) is 5.97. The molecule has 13 heavy (non-hydrogen) atoms. The summed E-state index contributed by atoms with van der Waals surface area (Å²) in [7, 11) is 0. The van der Waals surface area contributed by atoms with Crippen LogP contribution in [0.2, 0.25) is 0 Å². The van der Waals surface area contributed by atoms with Crippen LogP contribution in [0.15, 0.2) is 0 Å². The highest BCUT2D eigenvalue weighted by Crippen LogP contribution is 1.84. The van der Waals surface area contributed by atoms with Crippen molar-refractivity contribution in [2.45, 2.75) is 12.6 Å². The molecule has 1 unspecified atom stereocenters. The van der Waals surface area contributed by atoms with Gasteiger partial charge in [0.1, 0.15) is 5.72 Å². The van der Waals surface area contributed by atoms with E-state index in [-0.39, 0.29) is 13.2 Å². The SMILES string of the molecule is CC(N)(O)CO.OCCNCCO. The topological polar surface area (TPSA) is 119 Å². The molecule has 0 heterocycles. The van der Waals surface area contributed by atoms with Crippen molar-refractivity contribution < 1.29 is 20.4 Å². The highest BCUT2D eigenvalue weighted by Gasteiger charge is 2.08. The Kier molecular flexibility index (Phi) is 11.5. The van der Waals surface area contributed by atoms with E-state index in [0.717, 1.165) is 0 Å². The van der Waals surface area contributed by atoms with E-state index in [0.29, 0.717) is 13.1 Å². The van der Waals surface area contributed by atoms with Gasteiger partial charge in [-0.3, -0.25) is 0 Å². The molecular formula is C7H20N2O4. The van der Waals surface area contributed by atoms with Crippen molar-refractivity contribution in [2.75, 3.05) is 32.9 Å². The van der Waals surface area contributed by atoms with Crippen LogP contribution >= 0.6 is 0 Å². The Bertz CT molecular complexity index is 91.0. The van der Waals surface area contributed by atoms with Crippen LogP contribution < -0.4 is 11.1 Å². The largest absolute Gasteiger partial charge is 0.395 e. The fraction of sp³-hybridized carbons (Fsp3) is 1.00. The Morgan fingerprint density at radius 3 is 1.62 bits per heavy atom. The molecule has 0 aliphatic carbocycles. The monoisotopic (exact) mass is 196 g/mol. The average molecular weight is 196 g/mol. The lowest BCUT2D eigenvalue weighted by molar-refractivity contribution is 0.00747. The van der Waals surface area contributed by atoms with E-state index in [1.54, 1.807) is 0 Å². The Morgan fingerprint density at radius 1 is 1.15 bits per heavy atom. The maximum atomic E-state index is 8.35. The van der Waals surface area contributed by atoms with E-state index in [4.69, 9.17) is 26.2 Å². The Balaban J connectivity index is 0. The Hall–Kier alpha value is -0.240. The summed E-state index contributed by atoms with van der Waals surface area (Å²) in [5, 5.41) is 35.5. The molecule has 0 aromatic rings. The second kappa shape index (κ2) is 9.85. The van der Waals surface area contributed by atoms with Gasteiger partial charge in [-0.25, -0.2) is 0 Å². The van der Waals surface area contributed by atoms with Gasteiger partial charge in [0.05, 0.1) is 19.8 Å². The second-order valence-electron chi connectivity index (χ2n) is 2.71. The van der Waals surface area contributed by atoms with Crippen LogP contribution in [0.25, 0.3) is 0 Å². The van der Waals surface area contributed by atoms with Gasteiger partial charge >= 0.3 is 0 Å². The minimum atomic E-state index is -1.40. The van der Waals surface area contributed by atoms with Crippen molar-refractivity contribution in [3.63, 3.8) is 0 Å². The fourth-order valence-corrected chi connectivity index (χ4v) is 0.283. The lowest BCUT2D eigenvalue weighted by Gasteiger charge is -2.10. The van der Waals surface area contributed by atoms with Gasteiger partial charge in [-0.1, -0.05) is 0 Å². The third-order valence-corrected chi connectivity index (χ3v) is 0.897. The zero-order valence-electron chi connectivity index (χ0n) is 7.90. The van der Waals surface area contributed by atoms with Crippen molar-refractivity contribution in [3.05, 3.63) is 0 Å². The number of rotatable bonds is 5. The predicted octanol–water partition coefficient (Wildman–Crippen LogP) is -2.79. The molecule has 0 rings (SSSR count). The normalized spacial score (nSPS) is 14.3. The zero-order chi connectivity index (χ0) is 10.7. The van der Waals surface area contributed by atoms with Crippen LogP contribution in [-0.4, -0.2) is 59.1 Å². The number of aliphatic hydroxyl groups excluding tert-OH is 3. The molecule has 7 N–H and O–H groups in total. The van der Waals surface area contributed by atoms with E-state index in [1.807, 2.05) is 0 Å². The van der Waals surface area contributed by atoms with Crippen LogP contribution in [0.3, 0.4) is 0 Å². The van der Waals surface area contributed by atoms with Crippen LogP contribution in [0.5, 0.6) is 0 Å². The van der Waals surface area contributed by atoms with E-state index in [1.165, 1.54) is 6.92 Å². The highest BCUT2D eigenvalue weighted by molar-refractivity contribution is 4.57. The molecule has 0 aromatic heterocycles. The third kappa shape index (κ3) is 24.5. The molecule has 0 aliphatic rings. The first kappa shape index (κ1) is 15.2. The molecule has 6 heteroatoms. The first-order valence-corrected chi connectivity index (χ1v) is 4.02. The standard InChI is InChI=1S/C4H11NO2.C3H9NO2/c6-3-1-5-2-4-7;1-3(4,6)2-5/h5-7H,1-4H2;5-6H,2,4H2,1H3. The Labute approximate surface area is 78.0 Å². The molecule has 0 saturated heterocycles. The van der Waals surface area contributed by atoms with Gasteiger partial charge in [0.15, 0.2) is 0 Å². The fourth-order valence-electron chi connectivity index (χ4n) is 0.283. The Morgan fingerprint density at radius 2 is 1.46 bits per heavy atom. The lowest BCUT2D eigenvalue weighted by Crippen LogP contribution is -2.39. The van der Waals surface area contributed by atoms with Gasteiger partial charge in [0.2, 0.25) is 0 Å². The minimum absolute atomic E-state index is 0.139. The molecule has 0 radical (unpaired) electrons. The van der Waals surface area contributed by atoms with Crippen molar-refractivity contribution in [2.24, 2.45) is 5.73 Å². The van der Waals surface area contributed by atoms with Gasteiger partial charge < -0.3 is 31.5 Å². The average Bonchev–Trinajstić information content (AvgIpc) is 2.06. The van der Waals surface area contributed by atoms with Crippen molar-refractivity contribution in [3.8, 4) is 0 Å². The summed E-state index contributed by atoms with van der Waals surface area (Å²) >= 11 is 0. The first-order valence-electron chi connectivity index (χ1n) is 4.02. The van der Waals surface area contributed by atoms with Crippen LogP contribution in [0.4, 0.5) is 0 Å². The molecule has 6 nitrogen and oxygen atoms in total. The molecule has 82 valence electrons. The summed E-state index contributed by atoms with van der Waals surface area (Å²) in [4.78, 5) is 0. The van der Waals surface area contributed by atoms with Crippen molar-refractivity contribution >= 4 is 0 Å². The number of nitrogens with one attached hydrogen (secondary N) is 1. The molecule has 0 saturated carbocycles. The molecule has 0 spiro atoms. The highest BCUT2D eigenvalue weighted by atomic mass is 16.3. The van der Waals surface area contributed by atoms with Gasteiger partial charge in [-0.15, -0.1) is 0 Å². The van der Waals surface area contributed by atoms with Crippen LogP contribution in [0, 0.1) is 0 Å². The number of nitrogens with two attached hydrogens (primary N) is 1. The maximum Gasteiger partial charge on any atom is 0.133 e. The van der Waals surface area contributed by atoms with Crippen LogP contribution in [0.1, 0.15) is 6.92 Å². The van der Waals surface area contributed by atoms with Gasteiger partial charge in [-0.2, -0.15) is 0 Å². The zero-order valence-corrected chi connectivity index (χ0v) is 7.90. The molecule has 0 fully saturated rings. The summed E-state index contributed by atoms with van der Waals surface area (Å²) in [6, 6.07) is 0. The molecule has 0 amide bonds. The van der Waals surface area contributed by atoms with Crippen molar-refractivity contribution in [1.29, 1.82) is 0 Å². The predicted molar refractivity (Wildman–Crippen MR) is 48.9 cm³/mol. The van der Waals surface area contributed by atoms with Crippen molar-refractivity contribution in [1.82, 2.24) is 5.32 Å². The smallest absolute Gasteiger partial charge is 0.133 e. The molecule has 0 bridgehead atoms. The molecule has 1 atom stereocenters. The molecular weight excluding hydrogens is 176 g/mol. The van der Waals surface area contributed by atoms with E-state index in [2.05, 4.69) is 5.32 Å². The van der Waals surface area contributed by atoms with Gasteiger partial charge in [-0.05, 0) is 6.92 Å². The number of hydrogen-bond donors (Lipinski definition) is 6. The summed E-state index contributed by atoms with van der Waals surface area (Å²) in [5.41, 5.74) is 3.44. The van der Waals surface area contributed by atoms with Crippen LogP contribution in [-0.2, 0) is 0 Å². The summed E-state index contributed by atoms with van der Waals surface area (Å²) in [5.74, 6) is 0. The van der Waals surface area contributed by atoms with E-state index < -0.39 is 12.3 Å². The summed E-state index contributed by atoms with van der Waals surface area (Å²) in [6.07, 6.45) is 0. The summed E-state index contributed by atoms with van der Waals surface area (Å²) in [6.45, 7) is 2.35. The third-order valence-electron chi connectivity index (χ3n) is 0.897. The maximum absolute atomic E-state index is 8.35. The van der Waals surface area contributed by atoms with Gasteiger partial charge in [0, 0.05) is 13.1 Å². The lowest BCUT2D eigenvalue weighted by atomic mass is 10.3. The van der Waals surface area contributed by atoms with Gasteiger partial charge in [0.25, 0.3) is 0 Å². The summed E-state index contributed by atoms with van der Waals surface area (Å²) < 4.78 is 0. The molecule has 0 aliphatic heterocycles. The molecule has 0 aromatic carbocycles. The quantitative estimate of drug-likeness (QED) is 0.209. The second-order valence-corrected chi connectivity index (χ2v) is 2.71. The minimum Gasteiger partial charge on any atom is -0.395 e. The number of aliphatic hydroxyl groups is 4. The van der Waals surface area contributed by atoms with E-state index in [9.17, 15) is 0 Å².